The first-order valence-electron chi connectivity index (χ1n) is 8.53. The van der Waals surface area contributed by atoms with Crippen molar-refractivity contribution in [1.29, 1.82) is 0 Å². The SMILES string of the molecule is CN(C)c1ccc(Cn2nccc2NC(=O)CNC(=O)C(C)(C)C)cc1. The van der Waals surface area contributed by atoms with E-state index in [1.54, 1.807) is 37.7 Å². The Morgan fingerprint density at radius 3 is 2.35 bits per heavy atom. The zero-order chi connectivity index (χ0) is 19.3. The summed E-state index contributed by atoms with van der Waals surface area (Å²) in [5, 5.41) is 9.68. The van der Waals surface area contributed by atoms with E-state index in [1.807, 2.05) is 43.3 Å². The second kappa shape index (κ2) is 8.03. The molecule has 7 heteroatoms. The first-order valence-corrected chi connectivity index (χ1v) is 8.53. The molecular formula is C19H27N5O2. The van der Waals surface area contributed by atoms with Crippen LogP contribution in [0.25, 0.3) is 0 Å². The molecule has 0 radical (unpaired) electrons. The zero-order valence-corrected chi connectivity index (χ0v) is 16.0. The Labute approximate surface area is 154 Å². The fourth-order valence-corrected chi connectivity index (χ4v) is 2.25. The van der Waals surface area contributed by atoms with Gasteiger partial charge in [-0.1, -0.05) is 32.9 Å². The summed E-state index contributed by atoms with van der Waals surface area (Å²) in [7, 11) is 3.99. The summed E-state index contributed by atoms with van der Waals surface area (Å²) < 4.78 is 1.72. The van der Waals surface area contributed by atoms with E-state index in [9.17, 15) is 9.59 Å². The van der Waals surface area contributed by atoms with Gasteiger partial charge in [-0.25, -0.2) is 4.68 Å². The zero-order valence-electron chi connectivity index (χ0n) is 16.0. The van der Waals surface area contributed by atoms with Gasteiger partial charge in [-0.3, -0.25) is 9.59 Å². The minimum absolute atomic E-state index is 0.0706. The molecule has 0 bridgehead atoms. The number of amides is 2. The molecule has 0 aliphatic heterocycles. The van der Waals surface area contributed by atoms with Crippen LogP contribution in [0.15, 0.2) is 36.5 Å². The van der Waals surface area contributed by atoms with Gasteiger partial charge in [0.15, 0.2) is 0 Å². The molecule has 0 aliphatic rings. The van der Waals surface area contributed by atoms with Crippen LogP contribution < -0.4 is 15.5 Å². The summed E-state index contributed by atoms with van der Waals surface area (Å²) in [6.45, 7) is 5.88. The molecule has 0 fully saturated rings. The van der Waals surface area contributed by atoms with E-state index in [-0.39, 0.29) is 18.4 Å². The standard InChI is InChI=1S/C19H27N5O2/c1-19(2,3)18(26)20-12-17(25)22-16-10-11-21-24(16)13-14-6-8-15(9-7-14)23(4)5/h6-11H,12-13H2,1-5H3,(H,20,26)(H,22,25). The maximum atomic E-state index is 12.1. The van der Waals surface area contributed by atoms with Crippen molar-refractivity contribution in [2.24, 2.45) is 5.41 Å². The van der Waals surface area contributed by atoms with Crippen molar-refractivity contribution in [2.45, 2.75) is 27.3 Å². The molecule has 2 amide bonds. The predicted molar refractivity (Wildman–Crippen MR) is 103 cm³/mol. The van der Waals surface area contributed by atoms with Crippen LogP contribution >= 0.6 is 0 Å². The van der Waals surface area contributed by atoms with E-state index >= 15 is 0 Å². The lowest BCUT2D eigenvalue weighted by molar-refractivity contribution is -0.130. The largest absolute Gasteiger partial charge is 0.378 e. The number of anilines is 2. The molecule has 0 atom stereocenters. The summed E-state index contributed by atoms with van der Waals surface area (Å²) in [6.07, 6.45) is 1.64. The van der Waals surface area contributed by atoms with E-state index < -0.39 is 5.41 Å². The van der Waals surface area contributed by atoms with Crippen molar-refractivity contribution in [3.05, 3.63) is 42.1 Å². The van der Waals surface area contributed by atoms with Crippen molar-refractivity contribution in [3.63, 3.8) is 0 Å². The summed E-state index contributed by atoms with van der Waals surface area (Å²) in [5.41, 5.74) is 1.67. The maximum Gasteiger partial charge on any atom is 0.244 e. The molecule has 1 heterocycles. The number of rotatable bonds is 6. The highest BCUT2D eigenvalue weighted by Gasteiger charge is 2.21. The Morgan fingerprint density at radius 1 is 1.12 bits per heavy atom. The number of nitrogens with one attached hydrogen (secondary N) is 2. The van der Waals surface area contributed by atoms with Crippen LogP contribution in [0, 0.1) is 5.41 Å². The third-order valence-electron chi connectivity index (χ3n) is 3.86. The Hall–Kier alpha value is -2.83. The van der Waals surface area contributed by atoms with Crippen LogP contribution in [-0.2, 0) is 16.1 Å². The Bertz CT molecular complexity index is 757. The summed E-state index contributed by atoms with van der Waals surface area (Å²) >= 11 is 0. The normalized spacial score (nSPS) is 11.1. The summed E-state index contributed by atoms with van der Waals surface area (Å²) in [4.78, 5) is 26.0. The molecule has 0 saturated heterocycles. The minimum atomic E-state index is -0.527. The van der Waals surface area contributed by atoms with E-state index in [2.05, 4.69) is 15.7 Å². The third kappa shape index (κ3) is 5.34. The van der Waals surface area contributed by atoms with Crippen LogP contribution in [0.3, 0.4) is 0 Å². The molecule has 1 aromatic heterocycles. The quantitative estimate of drug-likeness (QED) is 0.830. The van der Waals surface area contributed by atoms with E-state index in [1.165, 1.54) is 0 Å². The van der Waals surface area contributed by atoms with Gasteiger partial charge in [-0.15, -0.1) is 0 Å². The van der Waals surface area contributed by atoms with Crippen molar-refractivity contribution in [3.8, 4) is 0 Å². The van der Waals surface area contributed by atoms with Crippen molar-refractivity contribution < 1.29 is 9.59 Å². The Morgan fingerprint density at radius 2 is 1.77 bits per heavy atom. The molecule has 0 aliphatic carbocycles. The molecule has 2 aromatic rings. The lowest BCUT2D eigenvalue weighted by Gasteiger charge is -2.17. The van der Waals surface area contributed by atoms with E-state index in [4.69, 9.17) is 0 Å². The fourth-order valence-electron chi connectivity index (χ4n) is 2.25. The topological polar surface area (TPSA) is 79.3 Å². The van der Waals surface area contributed by atoms with Gasteiger partial charge in [0.2, 0.25) is 11.8 Å². The molecule has 1 aromatic carbocycles. The number of carbonyl (C=O) groups is 2. The van der Waals surface area contributed by atoms with Gasteiger partial charge < -0.3 is 15.5 Å². The molecule has 0 saturated carbocycles. The smallest absolute Gasteiger partial charge is 0.244 e. The van der Waals surface area contributed by atoms with Gasteiger partial charge in [0.05, 0.1) is 19.3 Å². The van der Waals surface area contributed by atoms with Crippen LogP contribution in [0.2, 0.25) is 0 Å². The molecule has 7 nitrogen and oxygen atoms in total. The molecule has 26 heavy (non-hydrogen) atoms. The fraction of sp³-hybridized carbons (Fsp3) is 0.421. The summed E-state index contributed by atoms with van der Waals surface area (Å²) in [6, 6.07) is 9.88. The molecule has 0 unspecified atom stereocenters. The average molecular weight is 357 g/mol. The number of aromatic nitrogens is 2. The van der Waals surface area contributed by atoms with Gasteiger partial charge in [0.25, 0.3) is 0 Å². The lowest BCUT2D eigenvalue weighted by atomic mass is 9.96. The Kier molecular flexibility index (Phi) is 6.02. The van der Waals surface area contributed by atoms with Crippen molar-refractivity contribution in [1.82, 2.24) is 15.1 Å². The average Bonchev–Trinajstić information content (AvgIpc) is 2.99. The van der Waals surface area contributed by atoms with Crippen LogP contribution in [0.5, 0.6) is 0 Å². The minimum Gasteiger partial charge on any atom is -0.378 e. The van der Waals surface area contributed by atoms with Gasteiger partial charge in [-0.05, 0) is 17.7 Å². The second-order valence-corrected chi connectivity index (χ2v) is 7.42. The summed E-state index contributed by atoms with van der Waals surface area (Å²) in [5.74, 6) is 0.145. The Balaban J connectivity index is 1.95. The number of hydrogen-bond donors (Lipinski definition) is 2. The van der Waals surface area contributed by atoms with Gasteiger partial charge in [-0.2, -0.15) is 5.10 Å². The maximum absolute atomic E-state index is 12.1. The van der Waals surface area contributed by atoms with Gasteiger partial charge in [0, 0.05) is 31.3 Å². The van der Waals surface area contributed by atoms with E-state index in [0.717, 1.165) is 11.3 Å². The number of nitrogens with zero attached hydrogens (tertiary/aromatic N) is 3. The van der Waals surface area contributed by atoms with Crippen LogP contribution in [0.1, 0.15) is 26.3 Å². The molecule has 2 rings (SSSR count). The third-order valence-corrected chi connectivity index (χ3v) is 3.86. The van der Waals surface area contributed by atoms with Crippen LogP contribution in [-0.4, -0.2) is 42.2 Å². The molecular weight excluding hydrogens is 330 g/mol. The monoisotopic (exact) mass is 357 g/mol. The van der Waals surface area contributed by atoms with Gasteiger partial charge >= 0.3 is 0 Å². The van der Waals surface area contributed by atoms with Gasteiger partial charge in [0.1, 0.15) is 5.82 Å². The first-order chi connectivity index (χ1) is 12.2. The molecule has 140 valence electrons. The highest BCUT2D eigenvalue weighted by atomic mass is 16.2. The number of benzene rings is 1. The molecule has 0 spiro atoms. The first kappa shape index (κ1) is 19.5. The van der Waals surface area contributed by atoms with Crippen molar-refractivity contribution in [2.75, 3.05) is 30.9 Å². The highest BCUT2D eigenvalue weighted by molar-refractivity contribution is 5.94. The lowest BCUT2D eigenvalue weighted by Crippen LogP contribution is -2.39. The number of hydrogen-bond acceptors (Lipinski definition) is 4. The molecule has 2 N–H and O–H groups in total. The van der Waals surface area contributed by atoms with E-state index in [0.29, 0.717) is 12.4 Å². The predicted octanol–water partition coefficient (Wildman–Crippen LogP) is 2.10. The highest BCUT2D eigenvalue weighted by Crippen LogP contribution is 2.15. The second-order valence-electron chi connectivity index (χ2n) is 7.42. The van der Waals surface area contributed by atoms with Crippen molar-refractivity contribution >= 4 is 23.3 Å². The van der Waals surface area contributed by atoms with Crippen LogP contribution in [0.4, 0.5) is 11.5 Å². The number of carbonyl (C=O) groups excluding carboxylic acids is 2.